The first kappa shape index (κ1) is 16.6. The molecule has 1 heterocycles. The smallest absolute Gasteiger partial charge is 0.258 e. The standard InChI is InChI=1S/C19H24N2O3/c1-3-4-11-23-15-8-6-14(7-9-15)18(22)20-19-16-12-13(2)5-10-17(16)21-24-19/h6-9,13H,3-5,10-12H2,1-2H3,(H,20,22)/t13-/m0/s1. The number of carbonyl (C=O) groups is 1. The molecule has 128 valence electrons. The van der Waals surface area contributed by atoms with Gasteiger partial charge in [0.25, 0.3) is 5.91 Å². The van der Waals surface area contributed by atoms with Crippen LogP contribution in [-0.2, 0) is 12.8 Å². The van der Waals surface area contributed by atoms with Crippen molar-refractivity contribution in [1.82, 2.24) is 5.16 Å². The highest BCUT2D eigenvalue weighted by atomic mass is 16.5. The number of aromatic nitrogens is 1. The van der Waals surface area contributed by atoms with Crippen molar-refractivity contribution >= 4 is 11.8 Å². The molecular formula is C19H24N2O3. The SMILES string of the molecule is CCCCOc1ccc(C(=O)Nc2onc3c2C[C@@H](C)CC3)cc1. The van der Waals surface area contributed by atoms with Gasteiger partial charge in [-0.05, 0) is 55.9 Å². The van der Waals surface area contributed by atoms with Gasteiger partial charge in [-0.1, -0.05) is 25.4 Å². The Bertz CT molecular complexity index is 691. The summed E-state index contributed by atoms with van der Waals surface area (Å²) in [6, 6.07) is 7.18. The first-order valence-corrected chi connectivity index (χ1v) is 8.69. The number of rotatable bonds is 6. The summed E-state index contributed by atoms with van der Waals surface area (Å²) in [6.45, 7) is 5.03. The van der Waals surface area contributed by atoms with Gasteiger partial charge in [0.15, 0.2) is 0 Å². The van der Waals surface area contributed by atoms with Crippen molar-refractivity contribution in [2.75, 3.05) is 11.9 Å². The lowest BCUT2D eigenvalue weighted by molar-refractivity contribution is 0.102. The summed E-state index contributed by atoms with van der Waals surface area (Å²) in [5.74, 6) is 1.68. The van der Waals surface area contributed by atoms with Crippen LogP contribution in [0.2, 0.25) is 0 Å². The number of carbonyl (C=O) groups excluding carboxylic acids is 1. The topological polar surface area (TPSA) is 64.4 Å². The summed E-state index contributed by atoms with van der Waals surface area (Å²) in [7, 11) is 0. The summed E-state index contributed by atoms with van der Waals surface area (Å²) < 4.78 is 11.0. The molecule has 1 aliphatic rings. The van der Waals surface area contributed by atoms with Gasteiger partial charge in [-0.2, -0.15) is 0 Å². The fraction of sp³-hybridized carbons (Fsp3) is 0.474. The Morgan fingerprint density at radius 1 is 1.38 bits per heavy atom. The van der Waals surface area contributed by atoms with E-state index in [1.165, 1.54) is 0 Å². The molecule has 1 amide bonds. The molecule has 0 spiro atoms. The van der Waals surface area contributed by atoms with Crippen molar-refractivity contribution < 1.29 is 14.1 Å². The maximum Gasteiger partial charge on any atom is 0.258 e. The first-order chi connectivity index (χ1) is 11.7. The largest absolute Gasteiger partial charge is 0.494 e. The molecule has 0 aliphatic heterocycles. The molecule has 0 fully saturated rings. The Labute approximate surface area is 142 Å². The van der Waals surface area contributed by atoms with Gasteiger partial charge in [0.2, 0.25) is 5.88 Å². The molecule has 3 rings (SSSR count). The molecule has 1 N–H and O–H groups in total. The van der Waals surface area contributed by atoms with E-state index in [2.05, 4.69) is 24.3 Å². The number of aryl methyl sites for hydroxylation is 1. The van der Waals surface area contributed by atoms with Gasteiger partial charge in [0.1, 0.15) is 5.75 Å². The fourth-order valence-corrected chi connectivity index (χ4v) is 2.89. The van der Waals surface area contributed by atoms with Gasteiger partial charge in [-0.25, -0.2) is 0 Å². The van der Waals surface area contributed by atoms with E-state index in [-0.39, 0.29) is 5.91 Å². The summed E-state index contributed by atoms with van der Waals surface area (Å²) in [5.41, 5.74) is 2.59. The second-order valence-electron chi connectivity index (χ2n) is 6.47. The normalized spacial score (nSPS) is 16.5. The van der Waals surface area contributed by atoms with Crippen molar-refractivity contribution in [3.05, 3.63) is 41.1 Å². The quantitative estimate of drug-likeness (QED) is 0.806. The number of nitrogens with one attached hydrogen (secondary N) is 1. The summed E-state index contributed by atoms with van der Waals surface area (Å²) in [4.78, 5) is 12.4. The van der Waals surface area contributed by atoms with Crippen LogP contribution in [0.15, 0.2) is 28.8 Å². The maximum atomic E-state index is 12.4. The molecule has 0 unspecified atom stereocenters. The minimum atomic E-state index is -0.188. The number of benzene rings is 1. The minimum Gasteiger partial charge on any atom is -0.494 e. The molecule has 24 heavy (non-hydrogen) atoms. The van der Waals surface area contributed by atoms with Gasteiger partial charge in [0.05, 0.1) is 12.3 Å². The molecule has 0 radical (unpaired) electrons. The number of hydrogen-bond acceptors (Lipinski definition) is 4. The van der Waals surface area contributed by atoms with Crippen LogP contribution in [0.5, 0.6) is 5.75 Å². The zero-order valence-electron chi connectivity index (χ0n) is 14.3. The average Bonchev–Trinajstić information content (AvgIpc) is 2.98. The minimum absolute atomic E-state index is 0.188. The molecule has 1 atom stereocenters. The highest BCUT2D eigenvalue weighted by Gasteiger charge is 2.24. The van der Waals surface area contributed by atoms with Crippen molar-refractivity contribution in [3.8, 4) is 5.75 Å². The third kappa shape index (κ3) is 3.78. The fourth-order valence-electron chi connectivity index (χ4n) is 2.89. The number of ether oxygens (including phenoxy) is 1. The first-order valence-electron chi connectivity index (χ1n) is 8.69. The molecule has 1 aliphatic carbocycles. The van der Waals surface area contributed by atoms with Crippen LogP contribution in [0.25, 0.3) is 0 Å². The van der Waals surface area contributed by atoms with E-state index >= 15 is 0 Å². The third-order valence-corrected chi connectivity index (χ3v) is 4.41. The number of nitrogens with zero attached hydrogens (tertiary/aromatic N) is 1. The summed E-state index contributed by atoms with van der Waals surface area (Å²) in [5, 5.41) is 6.93. The number of fused-ring (bicyclic) bond motifs is 1. The molecule has 5 nitrogen and oxygen atoms in total. The van der Waals surface area contributed by atoms with Gasteiger partial charge >= 0.3 is 0 Å². The summed E-state index contributed by atoms with van der Waals surface area (Å²) >= 11 is 0. The van der Waals surface area contributed by atoms with Gasteiger partial charge in [0, 0.05) is 11.1 Å². The second kappa shape index (κ2) is 7.51. The van der Waals surface area contributed by atoms with Crippen molar-refractivity contribution in [3.63, 3.8) is 0 Å². The molecule has 0 saturated carbocycles. The predicted octanol–water partition coefficient (Wildman–Crippen LogP) is 4.23. The van der Waals surface area contributed by atoms with E-state index in [1.54, 1.807) is 12.1 Å². The highest BCUT2D eigenvalue weighted by molar-refractivity contribution is 6.04. The van der Waals surface area contributed by atoms with Crippen LogP contribution in [0.4, 0.5) is 5.88 Å². The maximum absolute atomic E-state index is 12.4. The third-order valence-electron chi connectivity index (χ3n) is 4.41. The Balaban J connectivity index is 1.64. The second-order valence-corrected chi connectivity index (χ2v) is 6.47. The van der Waals surface area contributed by atoms with E-state index in [0.717, 1.165) is 49.1 Å². The van der Waals surface area contributed by atoms with E-state index in [4.69, 9.17) is 9.26 Å². The van der Waals surface area contributed by atoms with Crippen molar-refractivity contribution in [2.45, 2.75) is 46.0 Å². The molecule has 0 bridgehead atoms. The Hall–Kier alpha value is -2.30. The van der Waals surface area contributed by atoms with Crippen molar-refractivity contribution in [2.24, 2.45) is 5.92 Å². The van der Waals surface area contributed by atoms with E-state index in [1.807, 2.05) is 12.1 Å². The molecular weight excluding hydrogens is 304 g/mol. The lowest BCUT2D eigenvalue weighted by Crippen LogP contribution is -2.15. The average molecular weight is 328 g/mol. The van der Waals surface area contributed by atoms with E-state index in [9.17, 15) is 4.79 Å². The number of amides is 1. The monoisotopic (exact) mass is 328 g/mol. The van der Waals surface area contributed by atoms with Crippen LogP contribution in [0, 0.1) is 5.92 Å². The number of anilines is 1. The Kier molecular flexibility index (Phi) is 5.18. The van der Waals surface area contributed by atoms with Crippen LogP contribution >= 0.6 is 0 Å². The molecule has 5 heteroatoms. The van der Waals surface area contributed by atoms with Crippen LogP contribution in [0.3, 0.4) is 0 Å². The van der Waals surface area contributed by atoms with Gasteiger partial charge in [-0.15, -0.1) is 0 Å². The van der Waals surface area contributed by atoms with Crippen LogP contribution in [-0.4, -0.2) is 17.7 Å². The molecule has 1 aromatic heterocycles. The summed E-state index contributed by atoms with van der Waals surface area (Å²) in [6.07, 6.45) is 5.06. The molecule has 0 saturated heterocycles. The van der Waals surface area contributed by atoms with E-state index in [0.29, 0.717) is 24.0 Å². The van der Waals surface area contributed by atoms with Gasteiger partial charge in [-0.3, -0.25) is 10.1 Å². The van der Waals surface area contributed by atoms with Crippen molar-refractivity contribution in [1.29, 1.82) is 0 Å². The van der Waals surface area contributed by atoms with Crippen LogP contribution in [0.1, 0.15) is 54.7 Å². The Morgan fingerprint density at radius 3 is 2.92 bits per heavy atom. The Morgan fingerprint density at radius 2 is 2.17 bits per heavy atom. The number of unbranched alkanes of at least 4 members (excludes halogenated alkanes) is 1. The molecule has 2 aromatic rings. The predicted molar refractivity (Wildman–Crippen MR) is 92.5 cm³/mol. The van der Waals surface area contributed by atoms with Crippen LogP contribution < -0.4 is 10.1 Å². The lowest BCUT2D eigenvalue weighted by Gasteiger charge is -2.16. The lowest BCUT2D eigenvalue weighted by atomic mass is 9.89. The van der Waals surface area contributed by atoms with Gasteiger partial charge < -0.3 is 9.26 Å². The number of hydrogen-bond donors (Lipinski definition) is 1. The highest BCUT2D eigenvalue weighted by Crippen LogP contribution is 2.30. The zero-order valence-corrected chi connectivity index (χ0v) is 14.3. The molecule has 1 aromatic carbocycles. The van der Waals surface area contributed by atoms with E-state index < -0.39 is 0 Å². The zero-order chi connectivity index (χ0) is 16.9.